The third-order valence-corrected chi connectivity index (χ3v) is 2.93. The van der Waals surface area contributed by atoms with Crippen molar-refractivity contribution in [3.8, 4) is 0 Å². The second-order valence-corrected chi connectivity index (χ2v) is 4.72. The van der Waals surface area contributed by atoms with E-state index < -0.39 is 0 Å². The number of aryl methyl sites for hydroxylation is 1. The molecule has 1 amide bonds. The minimum Gasteiger partial charge on any atom is -0.444 e. The van der Waals surface area contributed by atoms with Crippen LogP contribution < -0.4 is 10.9 Å². The van der Waals surface area contributed by atoms with Gasteiger partial charge in [-0.3, -0.25) is 14.2 Å². The first-order valence-electron chi connectivity index (χ1n) is 5.62. The van der Waals surface area contributed by atoms with E-state index in [4.69, 9.17) is 4.42 Å². The molecule has 0 atom stereocenters. The molecule has 0 saturated carbocycles. The molecule has 2 aromatic heterocycles. The summed E-state index contributed by atoms with van der Waals surface area (Å²) in [5.74, 6) is -0.0963. The second kappa shape index (κ2) is 5.83. The molecule has 0 radical (unpaired) electrons. The molecule has 0 fully saturated rings. The molecule has 2 aromatic rings. The average Bonchev–Trinajstić information content (AvgIpc) is 2.81. The predicted octanol–water partition coefficient (Wildman–Crippen LogP) is 1.34. The summed E-state index contributed by atoms with van der Waals surface area (Å²) in [6.07, 6.45) is 2.96. The molecule has 1 N–H and O–H groups in total. The second-order valence-electron chi connectivity index (χ2n) is 3.93. The highest BCUT2D eigenvalue weighted by atomic mass is 79.9. The number of halogens is 1. The third kappa shape index (κ3) is 3.31. The van der Waals surface area contributed by atoms with Gasteiger partial charge in [-0.05, 0) is 35.0 Å². The molecule has 100 valence electrons. The fraction of sp³-hybridized carbons (Fsp3) is 0.250. The largest absolute Gasteiger partial charge is 0.444 e. The van der Waals surface area contributed by atoms with Crippen LogP contribution in [0.5, 0.6) is 0 Å². The molecule has 0 aliphatic carbocycles. The smallest absolute Gasteiger partial charge is 0.287 e. The van der Waals surface area contributed by atoms with Crippen molar-refractivity contribution >= 4 is 21.8 Å². The van der Waals surface area contributed by atoms with Gasteiger partial charge in [-0.1, -0.05) is 0 Å². The zero-order valence-electron chi connectivity index (χ0n) is 10.2. The van der Waals surface area contributed by atoms with Crippen LogP contribution >= 0.6 is 15.9 Å². The average molecular weight is 326 g/mol. The van der Waals surface area contributed by atoms with E-state index in [9.17, 15) is 9.59 Å². The number of amides is 1. The van der Waals surface area contributed by atoms with Crippen molar-refractivity contribution in [2.45, 2.75) is 13.5 Å². The molecule has 0 aliphatic rings. The fourth-order valence-electron chi connectivity index (χ4n) is 1.53. The molecule has 0 bridgehead atoms. The number of furan rings is 1. The number of hydrogen-bond donors (Lipinski definition) is 1. The molecular formula is C12H12BrN3O3. The summed E-state index contributed by atoms with van der Waals surface area (Å²) in [7, 11) is 0. The van der Waals surface area contributed by atoms with E-state index in [0.29, 0.717) is 23.3 Å². The summed E-state index contributed by atoms with van der Waals surface area (Å²) in [6.45, 7) is 2.38. The Kier molecular flexibility index (Phi) is 4.16. The standard InChI is InChI=1S/C12H12BrN3O3/c1-8-6-14-7-16(12(8)18)5-4-15-11(17)9-2-3-10(13)19-9/h2-3,6-7H,4-5H2,1H3,(H,15,17). The topological polar surface area (TPSA) is 77.1 Å². The van der Waals surface area contributed by atoms with Crippen molar-refractivity contribution in [3.63, 3.8) is 0 Å². The van der Waals surface area contributed by atoms with Gasteiger partial charge in [0.1, 0.15) is 0 Å². The first-order valence-corrected chi connectivity index (χ1v) is 6.42. The number of aromatic nitrogens is 2. The van der Waals surface area contributed by atoms with Gasteiger partial charge in [-0.2, -0.15) is 0 Å². The predicted molar refractivity (Wildman–Crippen MR) is 72.0 cm³/mol. The normalized spacial score (nSPS) is 10.4. The monoisotopic (exact) mass is 325 g/mol. The highest BCUT2D eigenvalue weighted by Gasteiger charge is 2.09. The zero-order chi connectivity index (χ0) is 13.8. The molecule has 0 spiro atoms. The summed E-state index contributed by atoms with van der Waals surface area (Å²) in [5, 5.41) is 2.67. The van der Waals surface area contributed by atoms with Crippen LogP contribution in [0.25, 0.3) is 0 Å². The molecule has 2 rings (SSSR count). The third-order valence-electron chi connectivity index (χ3n) is 2.51. The Labute approximate surface area is 117 Å². The highest BCUT2D eigenvalue weighted by molar-refractivity contribution is 9.10. The van der Waals surface area contributed by atoms with Gasteiger partial charge in [0.2, 0.25) is 0 Å². The fourth-order valence-corrected chi connectivity index (χ4v) is 1.84. The molecule has 19 heavy (non-hydrogen) atoms. The lowest BCUT2D eigenvalue weighted by Crippen LogP contribution is -2.31. The Morgan fingerprint density at radius 1 is 1.53 bits per heavy atom. The minimum atomic E-state index is -0.320. The van der Waals surface area contributed by atoms with Gasteiger partial charge in [0.15, 0.2) is 10.4 Å². The van der Waals surface area contributed by atoms with Crippen LogP contribution in [0.3, 0.4) is 0 Å². The minimum absolute atomic E-state index is 0.106. The van der Waals surface area contributed by atoms with Crippen molar-refractivity contribution in [3.05, 3.63) is 51.0 Å². The maximum absolute atomic E-state index is 11.7. The van der Waals surface area contributed by atoms with Crippen LogP contribution in [-0.2, 0) is 6.54 Å². The SMILES string of the molecule is Cc1cncn(CCNC(=O)c2ccc(Br)o2)c1=O. The lowest BCUT2D eigenvalue weighted by Gasteiger charge is -2.06. The van der Waals surface area contributed by atoms with Crippen LogP contribution in [0.1, 0.15) is 16.1 Å². The molecular weight excluding hydrogens is 314 g/mol. The maximum atomic E-state index is 11.7. The van der Waals surface area contributed by atoms with E-state index in [0.717, 1.165) is 0 Å². The first kappa shape index (κ1) is 13.5. The zero-order valence-corrected chi connectivity index (χ0v) is 11.8. The molecule has 6 nitrogen and oxygen atoms in total. The summed E-state index contributed by atoms with van der Waals surface area (Å²) in [4.78, 5) is 27.3. The Bertz CT molecular complexity index is 648. The molecule has 2 heterocycles. The van der Waals surface area contributed by atoms with Gasteiger partial charge >= 0.3 is 0 Å². The van der Waals surface area contributed by atoms with Crippen LogP contribution in [0.15, 0.2) is 38.5 Å². The summed E-state index contributed by atoms with van der Waals surface area (Å²) in [5.41, 5.74) is 0.466. The van der Waals surface area contributed by atoms with Gasteiger partial charge in [0.25, 0.3) is 11.5 Å². The van der Waals surface area contributed by atoms with E-state index in [1.54, 1.807) is 19.1 Å². The van der Waals surface area contributed by atoms with Gasteiger partial charge in [0, 0.05) is 24.8 Å². The Morgan fingerprint density at radius 2 is 2.32 bits per heavy atom. The van der Waals surface area contributed by atoms with E-state index >= 15 is 0 Å². The molecule has 0 aromatic carbocycles. The Balaban J connectivity index is 1.92. The number of rotatable bonds is 4. The van der Waals surface area contributed by atoms with Crippen molar-refractivity contribution < 1.29 is 9.21 Å². The van der Waals surface area contributed by atoms with Crippen LogP contribution in [0.4, 0.5) is 0 Å². The Morgan fingerprint density at radius 3 is 3.00 bits per heavy atom. The van der Waals surface area contributed by atoms with Crippen molar-refractivity contribution in [2.75, 3.05) is 6.54 Å². The summed E-state index contributed by atoms with van der Waals surface area (Å²) in [6, 6.07) is 3.21. The van der Waals surface area contributed by atoms with Crippen LogP contribution in [-0.4, -0.2) is 22.0 Å². The number of carbonyl (C=O) groups is 1. The quantitative estimate of drug-likeness (QED) is 0.920. The van der Waals surface area contributed by atoms with E-state index in [2.05, 4.69) is 26.2 Å². The Hall–Kier alpha value is -1.89. The molecule has 0 unspecified atom stereocenters. The number of hydrogen-bond acceptors (Lipinski definition) is 4. The summed E-state index contributed by atoms with van der Waals surface area (Å²) >= 11 is 3.12. The molecule has 0 saturated heterocycles. The van der Waals surface area contributed by atoms with E-state index in [1.807, 2.05) is 0 Å². The highest BCUT2D eigenvalue weighted by Crippen LogP contribution is 2.13. The van der Waals surface area contributed by atoms with Gasteiger partial charge in [0.05, 0.1) is 6.33 Å². The van der Waals surface area contributed by atoms with Gasteiger partial charge < -0.3 is 9.73 Å². The molecule has 0 aliphatic heterocycles. The van der Waals surface area contributed by atoms with Crippen molar-refractivity contribution in [2.24, 2.45) is 0 Å². The lowest BCUT2D eigenvalue weighted by atomic mass is 10.4. The van der Waals surface area contributed by atoms with Gasteiger partial charge in [-0.25, -0.2) is 4.98 Å². The lowest BCUT2D eigenvalue weighted by molar-refractivity contribution is 0.0923. The number of carbonyl (C=O) groups excluding carboxylic acids is 1. The maximum Gasteiger partial charge on any atom is 0.287 e. The van der Waals surface area contributed by atoms with E-state index in [1.165, 1.54) is 17.1 Å². The van der Waals surface area contributed by atoms with Crippen molar-refractivity contribution in [1.82, 2.24) is 14.9 Å². The number of nitrogens with zero attached hydrogens (tertiary/aromatic N) is 2. The molecule has 7 heteroatoms. The first-order chi connectivity index (χ1) is 9.08. The summed E-state index contributed by atoms with van der Waals surface area (Å²) < 4.78 is 7.06. The number of nitrogens with one attached hydrogen (secondary N) is 1. The van der Waals surface area contributed by atoms with Crippen LogP contribution in [0.2, 0.25) is 0 Å². The van der Waals surface area contributed by atoms with Gasteiger partial charge in [-0.15, -0.1) is 0 Å². The van der Waals surface area contributed by atoms with E-state index in [-0.39, 0.29) is 17.2 Å². The van der Waals surface area contributed by atoms with Crippen molar-refractivity contribution in [1.29, 1.82) is 0 Å². The van der Waals surface area contributed by atoms with Crippen LogP contribution in [0, 0.1) is 6.92 Å².